The number of piperidine rings is 1. The first-order valence-electron chi connectivity index (χ1n) is 13.7. The fraction of sp³-hybridized carbons (Fsp3) is 0.414. The fourth-order valence-corrected chi connectivity index (χ4v) is 6.08. The van der Waals surface area contributed by atoms with Crippen molar-refractivity contribution in [3.63, 3.8) is 0 Å². The van der Waals surface area contributed by atoms with Gasteiger partial charge in [0.15, 0.2) is 5.82 Å². The predicted octanol–water partition coefficient (Wildman–Crippen LogP) is 5.37. The molecule has 1 aliphatic rings. The summed E-state index contributed by atoms with van der Waals surface area (Å²) in [7, 11) is 1.62. The zero-order valence-corrected chi connectivity index (χ0v) is 24.8. The van der Waals surface area contributed by atoms with Crippen molar-refractivity contribution in [3.8, 4) is 17.1 Å². The second-order valence-electron chi connectivity index (χ2n) is 10.9. The molecule has 3 aromatic heterocycles. The first kappa shape index (κ1) is 29.2. The lowest BCUT2D eigenvalue weighted by Gasteiger charge is -2.43. The topological polar surface area (TPSA) is 125 Å². The standard InChI is InChI=1S/C29H34FN7O4S/c1-18(19-5-7-21(41-4)8-6-19)32-24-15-23(33-25(34-24)22-16-31-36-13-14-42-27(22)36)26(38)35-11-9-20(10-12-35)37(28(39)40)29(2,3)17-30/h5-8,13-16,18,20H,9-12,17H2,1-4H3,(H,39,40)(H,32,33,34)/t18-/m1/s1. The number of hydrogen-bond donors (Lipinski definition) is 2. The lowest BCUT2D eigenvalue weighted by Crippen LogP contribution is -2.57. The van der Waals surface area contributed by atoms with Crippen molar-refractivity contribution in [2.24, 2.45) is 0 Å². The number of carbonyl (C=O) groups excluding carboxylic acids is 1. The first-order valence-corrected chi connectivity index (χ1v) is 14.6. The lowest BCUT2D eigenvalue weighted by molar-refractivity contribution is 0.0234. The first-order chi connectivity index (χ1) is 20.1. The molecule has 0 unspecified atom stereocenters. The summed E-state index contributed by atoms with van der Waals surface area (Å²) in [6.45, 7) is 5.00. The third-order valence-corrected chi connectivity index (χ3v) is 8.49. The summed E-state index contributed by atoms with van der Waals surface area (Å²) in [5, 5.41) is 19.5. The minimum absolute atomic E-state index is 0.132. The van der Waals surface area contributed by atoms with Gasteiger partial charge >= 0.3 is 6.09 Å². The summed E-state index contributed by atoms with van der Waals surface area (Å²) >= 11 is 1.50. The van der Waals surface area contributed by atoms with E-state index in [9.17, 15) is 19.1 Å². The van der Waals surface area contributed by atoms with Gasteiger partial charge in [-0.15, -0.1) is 11.3 Å². The molecule has 0 radical (unpaired) electrons. The molecule has 11 nitrogen and oxygen atoms in total. The van der Waals surface area contributed by atoms with Crippen molar-refractivity contribution >= 4 is 34.0 Å². The molecule has 42 heavy (non-hydrogen) atoms. The van der Waals surface area contributed by atoms with Crippen LogP contribution in [0, 0.1) is 0 Å². The van der Waals surface area contributed by atoms with Crippen molar-refractivity contribution in [2.75, 3.05) is 32.2 Å². The van der Waals surface area contributed by atoms with E-state index in [1.807, 2.05) is 42.8 Å². The van der Waals surface area contributed by atoms with Gasteiger partial charge < -0.3 is 20.1 Å². The van der Waals surface area contributed by atoms with Crippen LogP contribution in [0.1, 0.15) is 55.7 Å². The van der Waals surface area contributed by atoms with Crippen LogP contribution < -0.4 is 10.1 Å². The van der Waals surface area contributed by atoms with Gasteiger partial charge in [0, 0.05) is 42.8 Å². The number of thiazole rings is 1. The Hall–Kier alpha value is -4.26. The van der Waals surface area contributed by atoms with Crippen LogP contribution in [0.3, 0.4) is 0 Å². The maximum absolute atomic E-state index is 13.8. The van der Waals surface area contributed by atoms with E-state index in [-0.39, 0.29) is 23.7 Å². The van der Waals surface area contributed by atoms with Gasteiger partial charge in [-0.1, -0.05) is 12.1 Å². The van der Waals surface area contributed by atoms with Gasteiger partial charge in [0.05, 0.1) is 24.4 Å². The van der Waals surface area contributed by atoms with Gasteiger partial charge in [-0.25, -0.2) is 23.7 Å². The van der Waals surface area contributed by atoms with Gasteiger partial charge in [0.1, 0.15) is 28.8 Å². The van der Waals surface area contributed by atoms with Crippen LogP contribution in [-0.2, 0) is 0 Å². The van der Waals surface area contributed by atoms with E-state index >= 15 is 0 Å². The molecule has 1 saturated heterocycles. The molecule has 1 aliphatic heterocycles. The highest BCUT2D eigenvalue weighted by atomic mass is 32.1. The molecular weight excluding hydrogens is 561 g/mol. The quantitative estimate of drug-likeness (QED) is 0.265. The number of methoxy groups -OCH3 is 1. The van der Waals surface area contributed by atoms with Crippen molar-refractivity contribution in [2.45, 2.75) is 51.2 Å². The number of amides is 2. The highest BCUT2D eigenvalue weighted by Crippen LogP contribution is 2.30. The predicted molar refractivity (Wildman–Crippen MR) is 158 cm³/mol. The summed E-state index contributed by atoms with van der Waals surface area (Å²) in [4.78, 5) is 38.9. The number of rotatable bonds is 9. The zero-order chi connectivity index (χ0) is 30.0. The van der Waals surface area contributed by atoms with Gasteiger partial charge in [-0.05, 0) is 51.3 Å². The number of ether oxygens (including phenoxy) is 1. The number of anilines is 1. The summed E-state index contributed by atoms with van der Waals surface area (Å²) in [5.74, 6) is 1.34. The van der Waals surface area contributed by atoms with E-state index in [0.29, 0.717) is 43.1 Å². The normalized spacial score (nSPS) is 15.0. The van der Waals surface area contributed by atoms with Crippen LogP contribution in [0.2, 0.25) is 0 Å². The van der Waals surface area contributed by atoms with Crippen LogP contribution in [-0.4, -0.2) is 84.9 Å². The molecule has 0 spiro atoms. The molecule has 2 amide bonds. The van der Waals surface area contributed by atoms with E-state index in [2.05, 4.69) is 15.4 Å². The smallest absolute Gasteiger partial charge is 0.408 e. The lowest BCUT2D eigenvalue weighted by atomic mass is 9.96. The number of alkyl halides is 1. The van der Waals surface area contributed by atoms with Crippen molar-refractivity contribution in [3.05, 3.63) is 59.4 Å². The molecule has 0 bridgehead atoms. The molecule has 13 heteroatoms. The molecule has 4 aromatic rings. The van der Waals surface area contributed by atoms with Crippen LogP contribution >= 0.6 is 11.3 Å². The Morgan fingerprint density at radius 1 is 1.24 bits per heavy atom. The number of benzene rings is 1. The van der Waals surface area contributed by atoms with E-state index in [1.54, 1.807) is 42.6 Å². The number of likely N-dealkylation sites (tertiary alicyclic amines) is 1. The van der Waals surface area contributed by atoms with Gasteiger partial charge in [-0.3, -0.25) is 9.69 Å². The summed E-state index contributed by atoms with van der Waals surface area (Å²) in [6.07, 6.45) is 3.17. The Balaban J connectivity index is 1.41. The number of fused-ring (bicyclic) bond motifs is 1. The zero-order valence-electron chi connectivity index (χ0n) is 24.0. The maximum Gasteiger partial charge on any atom is 0.408 e. The van der Waals surface area contributed by atoms with Crippen LogP contribution in [0.5, 0.6) is 5.75 Å². The van der Waals surface area contributed by atoms with Crippen molar-refractivity contribution < 1.29 is 23.8 Å². The molecule has 0 aliphatic carbocycles. The minimum Gasteiger partial charge on any atom is -0.497 e. The average Bonchev–Trinajstić information content (AvgIpc) is 3.61. The molecular formula is C29H34FN7O4S. The fourth-order valence-electron chi connectivity index (χ4n) is 5.29. The Kier molecular flexibility index (Phi) is 8.30. The number of halogens is 1. The molecule has 2 N–H and O–H groups in total. The largest absolute Gasteiger partial charge is 0.497 e. The summed E-state index contributed by atoms with van der Waals surface area (Å²) in [5.41, 5.74) is 0.794. The van der Waals surface area contributed by atoms with Crippen molar-refractivity contribution in [1.29, 1.82) is 0 Å². The molecule has 1 aromatic carbocycles. The second-order valence-corrected chi connectivity index (χ2v) is 11.8. The molecule has 5 rings (SSSR count). The highest BCUT2D eigenvalue weighted by molar-refractivity contribution is 7.16. The average molecular weight is 596 g/mol. The van der Waals surface area contributed by atoms with Crippen molar-refractivity contribution in [1.82, 2.24) is 29.4 Å². The molecule has 0 saturated carbocycles. The number of carboxylic acid groups (broad SMARTS) is 1. The van der Waals surface area contributed by atoms with E-state index in [4.69, 9.17) is 9.72 Å². The van der Waals surface area contributed by atoms with Gasteiger partial charge in [0.25, 0.3) is 5.91 Å². The van der Waals surface area contributed by atoms with Crippen LogP contribution in [0.15, 0.2) is 48.1 Å². The molecule has 4 heterocycles. The second kappa shape index (κ2) is 11.9. The van der Waals surface area contributed by atoms with Crippen LogP contribution in [0.25, 0.3) is 16.2 Å². The van der Waals surface area contributed by atoms with Gasteiger partial charge in [-0.2, -0.15) is 5.10 Å². The van der Waals surface area contributed by atoms with Crippen LogP contribution in [0.4, 0.5) is 15.0 Å². The number of hydrogen-bond acceptors (Lipinski definition) is 8. The Morgan fingerprint density at radius 2 is 1.95 bits per heavy atom. The molecule has 1 atom stereocenters. The number of nitrogens with one attached hydrogen (secondary N) is 1. The van der Waals surface area contributed by atoms with E-state index < -0.39 is 18.3 Å². The van der Waals surface area contributed by atoms with Gasteiger partial charge in [0.2, 0.25) is 0 Å². The number of aromatic nitrogens is 4. The molecule has 1 fully saturated rings. The molecule has 222 valence electrons. The maximum atomic E-state index is 13.8. The number of nitrogens with zero attached hydrogens (tertiary/aromatic N) is 6. The monoisotopic (exact) mass is 595 g/mol. The van der Waals surface area contributed by atoms with E-state index in [1.165, 1.54) is 16.2 Å². The Labute approximate surface area is 247 Å². The third-order valence-electron chi connectivity index (χ3n) is 7.60. The minimum atomic E-state index is -1.16. The third kappa shape index (κ3) is 5.87. The van der Waals surface area contributed by atoms with E-state index in [0.717, 1.165) is 16.1 Å². The number of carbonyl (C=O) groups is 2. The Morgan fingerprint density at radius 3 is 2.60 bits per heavy atom. The SMILES string of the molecule is COc1ccc([C@@H](C)Nc2cc(C(=O)N3CCC(N(C(=O)O)C(C)(C)CF)CC3)nc(-c3cnn4ccsc34)n2)cc1. The Bertz CT molecular complexity index is 1560. The highest BCUT2D eigenvalue weighted by Gasteiger charge is 2.39. The summed E-state index contributed by atoms with van der Waals surface area (Å²) in [6, 6.07) is 8.82. The summed E-state index contributed by atoms with van der Waals surface area (Å²) < 4.78 is 20.7.